The molecule has 0 bridgehead atoms. The van der Waals surface area contributed by atoms with Gasteiger partial charge >= 0.3 is 0 Å². The number of hydrogen-bond acceptors (Lipinski definition) is 5. The van der Waals surface area contributed by atoms with E-state index in [0.717, 1.165) is 41.5 Å². The molecule has 0 fully saturated rings. The third-order valence-corrected chi connectivity index (χ3v) is 3.51. The van der Waals surface area contributed by atoms with Crippen LogP contribution in [0.15, 0.2) is 29.8 Å². The Morgan fingerprint density at radius 2 is 2.33 bits per heavy atom. The van der Waals surface area contributed by atoms with E-state index in [4.69, 9.17) is 10.5 Å². The van der Waals surface area contributed by atoms with Gasteiger partial charge in [-0.25, -0.2) is 4.98 Å². The van der Waals surface area contributed by atoms with E-state index in [1.165, 1.54) is 0 Å². The minimum Gasteiger partial charge on any atom is -0.497 e. The fraction of sp³-hybridized carbons (Fsp3) is 0.308. The molecular weight excluding hydrogens is 246 g/mol. The SMILES string of the molecule is COc1ccc(CNCCc2nccs2)c(N)c1. The highest BCUT2D eigenvalue weighted by atomic mass is 32.1. The van der Waals surface area contributed by atoms with Crippen molar-refractivity contribution in [2.75, 3.05) is 19.4 Å². The Balaban J connectivity index is 1.79. The largest absolute Gasteiger partial charge is 0.497 e. The van der Waals surface area contributed by atoms with Crippen molar-refractivity contribution >= 4 is 17.0 Å². The Morgan fingerprint density at radius 1 is 1.44 bits per heavy atom. The molecule has 0 radical (unpaired) electrons. The van der Waals surface area contributed by atoms with Gasteiger partial charge in [-0.1, -0.05) is 6.07 Å². The first-order valence-corrected chi connectivity index (χ1v) is 6.69. The minimum atomic E-state index is 0.760. The summed E-state index contributed by atoms with van der Waals surface area (Å²) in [5, 5.41) is 6.52. The number of hydrogen-bond donors (Lipinski definition) is 2. The summed E-state index contributed by atoms with van der Waals surface area (Å²) in [7, 11) is 1.64. The maximum Gasteiger partial charge on any atom is 0.120 e. The number of methoxy groups -OCH3 is 1. The van der Waals surface area contributed by atoms with Crippen LogP contribution in [-0.2, 0) is 13.0 Å². The molecule has 1 aromatic carbocycles. The first kappa shape index (κ1) is 12.9. The summed E-state index contributed by atoms with van der Waals surface area (Å²) in [6.07, 6.45) is 2.79. The van der Waals surface area contributed by atoms with Gasteiger partial charge in [-0.2, -0.15) is 0 Å². The second-order valence-electron chi connectivity index (χ2n) is 3.92. The molecule has 2 aromatic rings. The number of ether oxygens (including phenoxy) is 1. The van der Waals surface area contributed by atoms with E-state index in [0.29, 0.717) is 0 Å². The molecule has 96 valence electrons. The lowest BCUT2D eigenvalue weighted by molar-refractivity contribution is 0.415. The van der Waals surface area contributed by atoms with Gasteiger partial charge in [0, 0.05) is 42.8 Å². The van der Waals surface area contributed by atoms with E-state index >= 15 is 0 Å². The van der Waals surface area contributed by atoms with Crippen molar-refractivity contribution in [3.05, 3.63) is 40.3 Å². The van der Waals surface area contributed by atoms with Gasteiger partial charge in [0.05, 0.1) is 12.1 Å². The van der Waals surface area contributed by atoms with E-state index < -0.39 is 0 Å². The highest BCUT2D eigenvalue weighted by Gasteiger charge is 2.01. The number of anilines is 1. The summed E-state index contributed by atoms with van der Waals surface area (Å²) in [6.45, 7) is 1.67. The molecule has 0 amide bonds. The van der Waals surface area contributed by atoms with E-state index in [2.05, 4.69) is 10.3 Å². The zero-order chi connectivity index (χ0) is 12.8. The number of aromatic nitrogens is 1. The summed E-state index contributed by atoms with van der Waals surface area (Å²) >= 11 is 1.68. The van der Waals surface area contributed by atoms with Gasteiger partial charge in [-0.05, 0) is 11.6 Å². The molecule has 0 spiro atoms. The number of nitrogens with zero attached hydrogens (tertiary/aromatic N) is 1. The maximum absolute atomic E-state index is 5.94. The van der Waals surface area contributed by atoms with Gasteiger partial charge in [0.25, 0.3) is 0 Å². The number of nitrogen functional groups attached to an aromatic ring is 1. The molecule has 5 heteroatoms. The average Bonchev–Trinajstić information content (AvgIpc) is 2.89. The summed E-state index contributed by atoms with van der Waals surface area (Å²) in [5.41, 5.74) is 7.80. The fourth-order valence-corrected chi connectivity index (χ4v) is 2.28. The van der Waals surface area contributed by atoms with Gasteiger partial charge in [-0.3, -0.25) is 0 Å². The predicted octanol–water partition coefficient (Wildman–Crippen LogP) is 2.07. The quantitative estimate of drug-likeness (QED) is 0.618. The average molecular weight is 263 g/mol. The Hall–Kier alpha value is -1.59. The van der Waals surface area contributed by atoms with Gasteiger partial charge in [0.15, 0.2) is 0 Å². The van der Waals surface area contributed by atoms with Crippen LogP contribution in [0.5, 0.6) is 5.75 Å². The van der Waals surface area contributed by atoms with Gasteiger partial charge in [-0.15, -0.1) is 11.3 Å². The van der Waals surface area contributed by atoms with Crippen LogP contribution in [0.3, 0.4) is 0 Å². The molecular formula is C13H17N3OS. The summed E-state index contributed by atoms with van der Waals surface area (Å²) in [4.78, 5) is 4.24. The topological polar surface area (TPSA) is 60.2 Å². The normalized spacial score (nSPS) is 10.5. The molecule has 1 heterocycles. The van der Waals surface area contributed by atoms with Crippen LogP contribution in [0.2, 0.25) is 0 Å². The minimum absolute atomic E-state index is 0.760. The molecule has 0 aliphatic rings. The molecule has 0 saturated carbocycles. The Labute approximate surface area is 111 Å². The van der Waals surface area contributed by atoms with Crippen molar-refractivity contribution in [1.82, 2.24) is 10.3 Å². The van der Waals surface area contributed by atoms with E-state index in [9.17, 15) is 0 Å². The molecule has 0 saturated heterocycles. The summed E-state index contributed by atoms with van der Waals surface area (Å²) in [6, 6.07) is 5.76. The van der Waals surface area contributed by atoms with E-state index in [-0.39, 0.29) is 0 Å². The Bertz CT molecular complexity index is 485. The van der Waals surface area contributed by atoms with Crippen LogP contribution >= 0.6 is 11.3 Å². The zero-order valence-electron chi connectivity index (χ0n) is 10.3. The predicted molar refractivity (Wildman–Crippen MR) is 74.9 cm³/mol. The zero-order valence-corrected chi connectivity index (χ0v) is 11.2. The highest BCUT2D eigenvalue weighted by molar-refractivity contribution is 7.09. The second kappa shape index (κ2) is 6.37. The lowest BCUT2D eigenvalue weighted by Crippen LogP contribution is -2.17. The molecule has 1 aromatic heterocycles. The Kier molecular flexibility index (Phi) is 4.55. The van der Waals surface area contributed by atoms with Crippen molar-refractivity contribution in [1.29, 1.82) is 0 Å². The second-order valence-corrected chi connectivity index (χ2v) is 4.90. The third kappa shape index (κ3) is 3.45. The van der Waals surface area contributed by atoms with Crippen LogP contribution in [0.25, 0.3) is 0 Å². The fourth-order valence-electron chi connectivity index (χ4n) is 1.66. The molecule has 18 heavy (non-hydrogen) atoms. The summed E-state index contributed by atoms with van der Waals surface area (Å²) < 4.78 is 5.12. The molecule has 4 nitrogen and oxygen atoms in total. The summed E-state index contributed by atoms with van der Waals surface area (Å²) in [5.74, 6) is 0.791. The number of rotatable bonds is 6. The van der Waals surface area contributed by atoms with Crippen molar-refractivity contribution < 1.29 is 4.74 Å². The maximum atomic E-state index is 5.94. The van der Waals surface area contributed by atoms with Crippen molar-refractivity contribution in [2.24, 2.45) is 0 Å². The smallest absolute Gasteiger partial charge is 0.120 e. The number of nitrogens with two attached hydrogens (primary N) is 1. The van der Waals surface area contributed by atoms with Crippen LogP contribution < -0.4 is 15.8 Å². The van der Waals surface area contributed by atoms with Crippen LogP contribution in [0.4, 0.5) is 5.69 Å². The number of thiazole rings is 1. The first-order valence-electron chi connectivity index (χ1n) is 5.81. The van der Waals surface area contributed by atoms with Crippen molar-refractivity contribution in [3.8, 4) is 5.75 Å². The van der Waals surface area contributed by atoms with Gasteiger partial charge in [0.2, 0.25) is 0 Å². The Morgan fingerprint density at radius 3 is 3.00 bits per heavy atom. The first-order chi connectivity index (χ1) is 8.79. The lowest BCUT2D eigenvalue weighted by Gasteiger charge is -2.08. The van der Waals surface area contributed by atoms with Gasteiger partial charge < -0.3 is 15.8 Å². The monoisotopic (exact) mass is 263 g/mol. The molecule has 0 atom stereocenters. The molecule has 0 aliphatic heterocycles. The molecule has 0 aliphatic carbocycles. The van der Waals surface area contributed by atoms with Crippen LogP contribution in [0.1, 0.15) is 10.6 Å². The molecule has 2 rings (SSSR count). The van der Waals surface area contributed by atoms with Crippen molar-refractivity contribution in [2.45, 2.75) is 13.0 Å². The third-order valence-electron chi connectivity index (χ3n) is 2.67. The van der Waals surface area contributed by atoms with Crippen molar-refractivity contribution in [3.63, 3.8) is 0 Å². The van der Waals surface area contributed by atoms with E-state index in [1.54, 1.807) is 18.4 Å². The molecule has 3 N–H and O–H groups in total. The number of nitrogens with one attached hydrogen (secondary N) is 1. The van der Waals surface area contributed by atoms with E-state index in [1.807, 2.05) is 29.8 Å². The lowest BCUT2D eigenvalue weighted by atomic mass is 10.1. The standard InChI is InChI=1S/C13H17N3OS/c1-17-11-3-2-10(12(14)8-11)9-15-5-4-13-16-6-7-18-13/h2-3,6-8,15H,4-5,9,14H2,1H3. The number of benzene rings is 1. The molecule has 0 unspecified atom stereocenters. The highest BCUT2D eigenvalue weighted by Crippen LogP contribution is 2.19. The van der Waals surface area contributed by atoms with Crippen LogP contribution in [-0.4, -0.2) is 18.6 Å². The van der Waals surface area contributed by atoms with Gasteiger partial charge in [0.1, 0.15) is 5.75 Å². The van der Waals surface area contributed by atoms with Crippen LogP contribution in [0, 0.1) is 0 Å².